The molecule has 0 saturated heterocycles. The summed E-state index contributed by atoms with van der Waals surface area (Å²) in [5.41, 5.74) is 2.46. The van der Waals surface area contributed by atoms with Gasteiger partial charge in [0.05, 0.1) is 5.02 Å². The summed E-state index contributed by atoms with van der Waals surface area (Å²) in [5, 5.41) is 3.73. The zero-order valence-electron chi connectivity index (χ0n) is 12.0. The molecular weight excluding hydrogens is 285 g/mol. The molecule has 0 radical (unpaired) electrons. The number of rotatable bonds is 5. The lowest BCUT2D eigenvalue weighted by Crippen LogP contribution is -2.23. The van der Waals surface area contributed by atoms with Crippen LogP contribution in [0.3, 0.4) is 0 Å². The molecule has 1 N–H and O–H groups in total. The summed E-state index contributed by atoms with van der Waals surface area (Å²) in [6, 6.07) is 15.9. The first-order valence-corrected chi connectivity index (χ1v) is 7.81. The van der Waals surface area contributed by atoms with Crippen LogP contribution in [0.1, 0.15) is 36.4 Å². The highest BCUT2D eigenvalue weighted by Crippen LogP contribution is 2.54. The third-order valence-corrected chi connectivity index (χ3v) is 4.51. The van der Waals surface area contributed by atoms with Gasteiger partial charge in [-0.05, 0) is 48.1 Å². The molecule has 1 nitrogen and oxygen atoms in total. The van der Waals surface area contributed by atoms with Crippen molar-refractivity contribution in [2.24, 2.45) is 5.92 Å². The number of hydrogen-bond donors (Lipinski definition) is 1. The number of hydrogen-bond acceptors (Lipinski definition) is 1. The fourth-order valence-electron chi connectivity index (χ4n) is 3.11. The molecule has 0 aromatic heterocycles. The van der Waals surface area contributed by atoms with Gasteiger partial charge in [0.1, 0.15) is 5.82 Å². The molecule has 0 heterocycles. The molecule has 0 amide bonds. The van der Waals surface area contributed by atoms with Crippen molar-refractivity contribution in [1.29, 1.82) is 0 Å². The summed E-state index contributed by atoms with van der Waals surface area (Å²) in [4.78, 5) is 0. The molecule has 3 atom stereocenters. The minimum Gasteiger partial charge on any atom is -0.310 e. The Labute approximate surface area is 130 Å². The van der Waals surface area contributed by atoms with Crippen molar-refractivity contribution in [3.63, 3.8) is 0 Å². The molecule has 3 heteroatoms. The maximum Gasteiger partial charge on any atom is 0.141 e. The summed E-state index contributed by atoms with van der Waals surface area (Å²) in [6.07, 6.45) is 1.16. The average Bonchev–Trinajstić information content (AvgIpc) is 3.29. The monoisotopic (exact) mass is 303 g/mol. The minimum atomic E-state index is -0.355. The van der Waals surface area contributed by atoms with Gasteiger partial charge in [-0.2, -0.15) is 0 Å². The second kappa shape index (κ2) is 6.17. The normalized spacial score (nSPS) is 22.0. The third kappa shape index (κ3) is 3.12. The first-order valence-electron chi connectivity index (χ1n) is 7.44. The maximum absolute atomic E-state index is 13.4. The predicted molar refractivity (Wildman–Crippen MR) is 85.1 cm³/mol. The summed E-state index contributed by atoms with van der Waals surface area (Å²) in [7, 11) is 0. The Morgan fingerprint density at radius 2 is 2.00 bits per heavy atom. The SMILES string of the molecule is CCNC(c1ccc(F)c(Cl)c1)C1CC1c1ccccc1. The first kappa shape index (κ1) is 14.6. The Kier molecular flexibility index (Phi) is 4.27. The van der Waals surface area contributed by atoms with Crippen LogP contribution in [-0.4, -0.2) is 6.54 Å². The Hall–Kier alpha value is -1.38. The summed E-state index contributed by atoms with van der Waals surface area (Å²) < 4.78 is 13.4. The van der Waals surface area contributed by atoms with Gasteiger partial charge < -0.3 is 5.32 Å². The molecule has 1 fully saturated rings. The van der Waals surface area contributed by atoms with Crippen LogP contribution in [0.4, 0.5) is 4.39 Å². The van der Waals surface area contributed by atoms with Crippen molar-refractivity contribution < 1.29 is 4.39 Å². The fraction of sp³-hybridized carbons (Fsp3) is 0.333. The van der Waals surface area contributed by atoms with Crippen LogP contribution in [-0.2, 0) is 0 Å². The molecule has 2 aromatic carbocycles. The van der Waals surface area contributed by atoms with Gasteiger partial charge in [0.15, 0.2) is 0 Å². The van der Waals surface area contributed by atoms with E-state index in [0.717, 1.165) is 18.5 Å². The van der Waals surface area contributed by atoms with E-state index in [9.17, 15) is 4.39 Å². The van der Waals surface area contributed by atoms with E-state index in [4.69, 9.17) is 11.6 Å². The number of benzene rings is 2. The van der Waals surface area contributed by atoms with E-state index in [1.807, 2.05) is 12.1 Å². The van der Waals surface area contributed by atoms with Gasteiger partial charge in [-0.3, -0.25) is 0 Å². The predicted octanol–water partition coefficient (Wildman–Crippen LogP) is 4.93. The van der Waals surface area contributed by atoms with Crippen molar-refractivity contribution in [2.45, 2.75) is 25.3 Å². The van der Waals surface area contributed by atoms with E-state index in [0.29, 0.717) is 11.8 Å². The highest BCUT2D eigenvalue weighted by Gasteiger charge is 2.44. The van der Waals surface area contributed by atoms with Gasteiger partial charge in [-0.25, -0.2) is 4.39 Å². The van der Waals surface area contributed by atoms with Crippen LogP contribution < -0.4 is 5.32 Å². The van der Waals surface area contributed by atoms with Gasteiger partial charge in [0.25, 0.3) is 0 Å². The lowest BCUT2D eigenvalue weighted by atomic mass is 9.98. The lowest BCUT2D eigenvalue weighted by Gasteiger charge is -2.19. The summed E-state index contributed by atoms with van der Waals surface area (Å²) in [6.45, 7) is 2.98. The molecule has 110 valence electrons. The van der Waals surface area contributed by atoms with Gasteiger partial charge >= 0.3 is 0 Å². The Morgan fingerprint density at radius 1 is 1.24 bits per heavy atom. The Morgan fingerprint density at radius 3 is 2.67 bits per heavy atom. The van der Waals surface area contributed by atoms with Crippen LogP contribution in [0, 0.1) is 11.7 Å². The summed E-state index contributed by atoms with van der Waals surface area (Å²) >= 11 is 5.93. The van der Waals surface area contributed by atoms with E-state index in [-0.39, 0.29) is 16.9 Å². The largest absolute Gasteiger partial charge is 0.310 e. The van der Waals surface area contributed by atoms with Crippen LogP contribution in [0.5, 0.6) is 0 Å². The van der Waals surface area contributed by atoms with Gasteiger partial charge in [-0.1, -0.05) is 54.9 Å². The molecule has 0 aliphatic heterocycles. The standard InChI is InChI=1S/C18H19ClFN/c1-2-21-18(13-8-9-17(20)16(19)10-13)15-11-14(15)12-6-4-3-5-7-12/h3-10,14-15,18,21H,2,11H2,1H3. The van der Waals surface area contributed by atoms with Crippen LogP contribution in [0.15, 0.2) is 48.5 Å². The van der Waals surface area contributed by atoms with Crippen molar-refractivity contribution in [2.75, 3.05) is 6.54 Å². The highest BCUT2D eigenvalue weighted by atomic mass is 35.5. The molecule has 3 unspecified atom stereocenters. The minimum absolute atomic E-state index is 0.201. The van der Waals surface area contributed by atoms with Gasteiger partial charge in [-0.15, -0.1) is 0 Å². The molecule has 3 rings (SSSR count). The molecule has 1 aliphatic carbocycles. The smallest absolute Gasteiger partial charge is 0.141 e. The van der Waals surface area contributed by atoms with Crippen molar-refractivity contribution in [3.8, 4) is 0 Å². The van der Waals surface area contributed by atoms with E-state index in [2.05, 4.69) is 36.5 Å². The Bertz CT molecular complexity index is 614. The lowest BCUT2D eigenvalue weighted by molar-refractivity contribution is 0.486. The molecule has 21 heavy (non-hydrogen) atoms. The van der Waals surface area contributed by atoms with E-state index in [1.54, 1.807) is 6.07 Å². The molecule has 2 aromatic rings. The summed E-state index contributed by atoms with van der Waals surface area (Å²) in [5.74, 6) is 0.777. The van der Waals surface area contributed by atoms with Crippen LogP contribution in [0.2, 0.25) is 5.02 Å². The first-order chi connectivity index (χ1) is 10.2. The van der Waals surface area contributed by atoms with Crippen molar-refractivity contribution >= 4 is 11.6 Å². The molecule has 0 bridgehead atoms. The average molecular weight is 304 g/mol. The molecule has 0 spiro atoms. The van der Waals surface area contributed by atoms with E-state index >= 15 is 0 Å². The number of halogens is 2. The van der Waals surface area contributed by atoms with Gasteiger partial charge in [0.2, 0.25) is 0 Å². The van der Waals surface area contributed by atoms with Crippen molar-refractivity contribution in [3.05, 3.63) is 70.5 Å². The van der Waals surface area contributed by atoms with Gasteiger partial charge in [0, 0.05) is 6.04 Å². The maximum atomic E-state index is 13.4. The highest BCUT2D eigenvalue weighted by molar-refractivity contribution is 6.30. The fourth-order valence-corrected chi connectivity index (χ4v) is 3.30. The second-order valence-corrected chi connectivity index (χ2v) is 6.03. The van der Waals surface area contributed by atoms with Crippen molar-refractivity contribution in [1.82, 2.24) is 5.32 Å². The topological polar surface area (TPSA) is 12.0 Å². The van der Waals surface area contributed by atoms with Crippen LogP contribution in [0.25, 0.3) is 0 Å². The zero-order valence-corrected chi connectivity index (χ0v) is 12.8. The van der Waals surface area contributed by atoms with E-state index < -0.39 is 0 Å². The molecular formula is C18H19ClFN. The zero-order chi connectivity index (χ0) is 14.8. The molecule has 1 saturated carbocycles. The Balaban J connectivity index is 1.81. The quantitative estimate of drug-likeness (QED) is 0.825. The third-order valence-electron chi connectivity index (χ3n) is 4.22. The molecule has 1 aliphatic rings. The van der Waals surface area contributed by atoms with Crippen LogP contribution >= 0.6 is 11.6 Å². The second-order valence-electron chi connectivity index (χ2n) is 5.63. The number of nitrogens with one attached hydrogen (secondary N) is 1. The van der Waals surface area contributed by atoms with E-state index in [1.165, 1.54) is 11.6 Å².